The fourth-order valence-electron chi connectivity index (χ4n) is 1.55. The average molecular weight is 289 g/mol. The van der Waals surface area contributed by atoms with Gasteiger partial charge in [-0.2, -0.15) is 0 Å². The van der Waals surface area contributed by atoms with E-state index in [2.05, 4.69) is 15.9 Å². The Balaban J connectivity index is 3.10. The third kappa shape index (κ3) is 3.12. The zero-order valence-corrected chi connectivity index (χ0v) is 10.9. The maximum Gasteiger partial charge on any atom is 0.140 e. The van der Waals surface area contributed by atoms with E-state index in [0.717, 1.165) is 11.8 Å². The molecule has 0 bridgehead atoms. The van der Waals surface area contributed by atoms with Crippen LogP contribution in [0.15, 0.2) is 16.6 Å². The SMILES string of the molecule is COCc1cc(Br)c(F)c(C(C)CC=O)c1. The van der Waals surface area contributed by atoms with Gasteiger partial charge in [0.05, 0.1) is 11.1 Å². The van der Waals surface area contributed by atoms with Gasteiger partial charge in [-0.05, 0) is 39.0 Å². The van der Waals surface area contributed by atoms with Crippen molar-refractivity contribution in [2.24, 2.45) is 0 Å². The average Bonchev–Trinajstić information content (AvgIpc) is 2.23. The van der Waals surface area contributed by atoms with E-state index in [9.17, 15) is 9.18 Å². The number of aldehydes is 1. The molecule has 0 aliphatic carbocycles. The molecule has 2 nitrogen and oxygen atoms in total. The molecule has 16 heavy (non-hydrogen) atoms. The van der Waals surface area contributed by atoms with Crippen molar-refractivity contribution in [1.82, 2.24) is 0 Å². The summed E-state index contributed by atoms with van der Waals surface area (Å²) in [6.45, 7) is 2.26. The van der Waals surface area contributed by atoms with E-state index in [1.165, 1.54) is 0 Å². The maximum atomic E-state index is 13.8. The van der Waals surface area contributed by atoms with Crippen molar-refractivity contribution in [3.05, 3.63) is 33.5 Å². The van der Waals surface area contributed by atoms with Crippen LogP contribution < -0.4 is 0 Å². The van der Waals surface area contributed by atoms with E-state index >= 15 is 0 Å². The van der Waals surface area contributed by atoms with E-state index in [-0.39, 0.29) is 11.7 Å². The Kier molecular flexibility index (Phi) is 5.09. The Labute approximate surface area is 103 Å². The highest BCUT2D eigenvalue weighted by Crippen LogP contribution is 2.28. The zero-order valence-electron chi connectivity index (χ0n) is 9.30. The summed E-state index contributed by atoms with van der Waals surface area (Å²) in [6, 6.07) is 3.44. The fraction of sp³-hybridized carbons (Fsp3) is 0.417. The van der Waals surface area contributed by atoms with Crippen LogP contribution >= 0.6 is 15.9 Å². The van der Waals surface area contributed by atoms with E-state index in [1.54, 1.807) is 19.2 Å². The summed E-state index contributed by atoms with van der Waals surface area (Å²) >= 11 is 3.17. The van der Waals surface area contributed by atoms with Crippen LogP contribution in [0.4, 0.5) is 4.39 Å². The molecule has 0 spiro atoms. The Morgan fingerprint density at radius 2 is 2.25 bits per heavy atom. The number of hydrogen-bond acceptors (Lipinski definition) is 2. The molecule has 1 rings (SSSR count). The normalized spacial score (nSPS) is 12.5. The first-order valence-corrected chi connectivity index (χ1v) is 5.79. The zero-order chi connectivity index (χ0) is 12.1. The Morgan fingerprint density at radius 1 is 1.56 bits per heavy atom. The van der Waals surface area contributed by atoms with Crippen LogP contribution in [-0.2, 0) is 16.1 Å². The van der Waals surface area contributed by atoms with Gasteiger partial charge in [0.25, 0.3) is 0 Å². The van der Waals surface area contributed by atoms with Crippen molar-refractivity contribution in [3.8, 4) is 0 Å². The number of carbonyl (C=O) groups is 1. The lowest BCUT2D eigenvalue weighted by Gasteiger charge is -2.13. The molecule has 1 atom stereocenters. The number of ether oxygens (including phenoxy) is 1. The van der Waals surface area contributed by atoms with Crippen molar-refractivity contribution in [3.63, 3.8) is 0 Å². The molecule has 88 valence electrons. The summed E-state index contributed by atoms with van der Waals surface area (Å²) < 4.78 is 19.2. The monoisotopic (exact) mass is 288 g/mol. The highest BCUT2D eigenvalue weighted by Gasteiger charge is 2.14. The van der Waals surface area contributed by atoms with Crippen LogP contribution in [0.2, 0.25) is 0 Å². The minimum atomic E-state index is -0.297. The van der Waals surface area contributed by atoms with Crippen LogP contribution in [0, 0.1) is 5.82 Å². The van der Waals surface area contributed by atoms with Crippen molar-refractivity contribution < 1.29 is 13.9 Å². The highest BCUT2D eigenvalue weighted by molar-refractivity contribution is 9.10. The van der Waals surface area contributed by atoms with Crippen LogP contribution in [0.25, 0.3) is 0 Å². The Hall–Kier alpha value is -0.740. The molecule has 0 saturated heterocycles. The topological polar surface area (TPSA) is 26.3 Å². The third-order valence-electron chi connectivity index (χ3n) is 2.41. The van der Waals surface area contributed by atoms with Crippen LogP contribution in [-0.4, -0.2) is 13.4 Å². The summed E-state index contributed by atoms with van der Waals surface area (Å²) in [4.78, 5) is 10.4. The van der Waals surface area contributed by atoms with Crippen molar-refractivity contribution in [2.45, 2.75) is 25.9 Å². The molecule has 0 aliphatic heterocycles. The number of carbonyl (C=O) groups excluding carboxylic acids is 1. The highest BCUT2D eigenvalue weighted by atomic mass is 79.9. The van der Waals surface area contributed by atoms with Crippen molar-refractivity contribution in [1.29, 1.82) is 0 Å². The molecule has 4 heteroatoms. The molecule has 0 heterocycles. The summed E-state index contributed by atoms with van der Waals surface area (Å²) in [5.74, 6) is -0.417. The molecule has 0 aromatic heterocycles. The lowest BCUT2D eigenvalue weighted by molar-refractivity contribution is -0.108. The summed E-state index contributed by atoms with van der Waals surface area (Å²) in [5.41, 5.74) is 1.44. The number of halogens is 2. The van der Waals surface area contributed by atoms with Gasteiger partial charge in [0.1, 0.15) is 12.1 Å². The smallest absolute Gasteiger partial charge is 0.140 e. The number of rotatable bonds is 5. The lowest BCUT2D eigenvalue weighted by Crippen LogP contribution is -2.01. The second kappa shape index (κ2) is 6.11. The first-order chi connectivity index (χ1) is 7.60. The van der Waals surface area contributed by atoms with E-state index in [1.807, 2.05) is 6.92 Å². The van der Waals surface area contributed by atoms with E-state index < -0.39 is 0 Å². The molecule has 1 unspecified atom stereocenters. The molecule has 0 aliphatic rings. The molecular weight excluding hydrogens is 275 g/mol. The molecule has 0 radical (unpaired) electrons. The summed E-state index contributed by atoms with van der Waals surface area (Å²) in [7, 11) is 1.59. The predicted molar refractivity (Wildman–Crippen MR) is 63.9 cm³/mol. The van der Waals surface area contributed by atoms with Gasteiger partial charge in [0.2, 0.25) is 0 Å². The fourth-order valence-corrected chi connectivity index (χ4v) is 2.07. The second-order valence-corrected chi connectivity index (χ2v) is 4.57. The predicted octanol–water partition coefficient (Wildman–Crippen LogP) is 3.43. The summed E-state index contributed by atoms with van der Waals surface area (Å²) in [6.07, 6.45) is 1.13. The van der Waals surface area contributed by atoms with Crippen LogP contribution in [0.3, 0.4) is 0 Å². The van der Waals surface area contributed by atoms with Gasteiger partial charge < -0.3 is 9.53 Å². The molecule has 0 N–H and O–H groups in total. The van der Waals surface area contributed by atoms with Crippen LogP contribution in [0.5, 0.6) is 0 Å². The quantitative estimate of drug-likeness (QED) is 0.776. The largest absolute Gasteiger partial charge is 0.380 e. The third-order valence-corrected chi connectivity index (χ3v) is 2.98. The van der Waals surface area contributed by atoms with Gasteiger partial charge >= 0.3 is 0 Å². The maximum absolute atomic E-state index is 13.8. The van der Waals surface area contributed by atoms with Gasteiger partial charge in [0.15, 0.2) is 0 Å². The Bertz CT molecular complexity index is 380. The van der Waals surface area contributed by atoms with E-state index in [0.29, 0.717) is 23.1 Å². The second-order valence-electron chi connectivity index (χ2n) is 3.72. The number of benzene rings is 1. The molecule has 0 saturated carbocycles. The van der Waals surface area contributed by atoms with Gasteiger partial charge in [-0.15, -0.1) is 0 Å². The van der Waals surface area contributed by atoms with Gasteiger partial charge in [-0.3, -0.25) is 0 Å². The standard InChI is InChI=1S/C12H14BrFO2/c1-8(3-4-15)10-5-9(7-16-2)6-11(13)12(10)14/h4-6,8H,3,7H2,1-2H3. The minimum absolute atomic E-state index is 0.120. The molecule has 1 aromatic rings. The van der Waals surface area contributed by atoms with Crippen molar-refractivity contribution in [2.75, 3.05) is 7.11 Å². The van der Waals surface area contributed by atoms with Gasteiger partial charge in [0, 0.05) is 13.5 Å². The van der Waals surface area contributed by atoms with Gasteiger partial charge in [-0.1, -0.05) is 13.0 Å². The first-order valence-electron chi connectivity index (χ1n) is 5.00. The Morgan fingerprint density at radius 3 is 2.81 bits per heavy atom. The van der Waals surface area contributed by atoms with Crippen molar-refractivity contribution >= 4 is 22.2 Å². The van der Waals surface area contributed by atoms with E-state index in [4.69, 9.17) is 4.74 Å². The molecule has 0 amide bonds. The lowest BCUT2D eigenvalue weighted by atomic mass is 9.96. The molecular formula is C12H14BrFO2. The molecule has 1 aromatic carbocycles. The molecule has 0 fully saturated rings. The number of methoxy groups -OCH3 is 1. The first kappa shape index (κ1) is 13.3. The minimum Gasteiger partial charge on any atom is -0.380 e. The van der Waals surface area contributed by atoms with Crippen LogP contribution in [0.1, 0.15) is 30.4 Å². The van der Waals surface area contributed by atoms with Gasteiger partial charge in [-0.25, -0.2) is 4.39 Å². The number of hydrogen-bond donors (Lipinski definition) is 0. The summed E-state index contributed by atoms with van der Waals surface area (Å²) in [5, 5.41) is 0.